The van der Waals surface area contributed by atoms with Crippen LogP contribution in [0.3, 0.4) is 0 Å². The number of carbonyl (C=O) groups is 5. The van der Waals surface area contributed by atoms with Crippen molar-refractivity contribution in [3.8, 4) is 0 Å². The van der Waals surface area contributed by atoms with Gasteiger partial charge < -0.3 is 9.74 Å². The van der Waals surface area contributed by atoms with Crippen molar-refractivity contribution in [3.05, 3.63) is 12.2 Å². The van der Waals surface area contributed by atoms with Crippen LogP contribution in [0.1, 0.15) is 19.3 Å². The monoisotopic (exact) mass is 298 g/mol. The normalized spacial score (nSPS) is 14.1. The van der Waals surface area contributed by atoms with Gasteiger partial charge >= 0.3 is 5.97 Å². The summed E-state index contributed by atoms with van der Waals surface area (Å²) in [6.45, 7) is 0.523. The predicted octanol–water partition coefficient (Wildman–Crippen LogP) is -0.514. The summed E-state index contributed by atoms with van der Waals surface area (Å²) in [6.07, 6.45) is 3.77. The molecular weight excluding hydrogens is 280 g/mol. The molecule has 0 aromatic carbocycles. The number of aldehydes is 2. The molecule has 0 aromatic rings. The Bertz CT molecular complexity index is 404. The van der Waals surface area contributed by atoms with Crippen molar-refractivity contribution in [2.75, 3.05) is 20.6 Å². The highest BCUT2D eigenvalue weighted by atomic mass is 16.7. The van der Waals surface area contributed by atoms with Gasteiger partial charge in [0.05, 0.1) is 6.42 Å². The number of imide groups is 1. The van der Waals surface area contributed by atoms with E-state index in [0.29, 0.717) is 24.2 Å². The van der Waals surface area contributed by atoms with Crippen molar-refractivity contribution in [2.45, 2.75) is 19.3 Å². The lowest BCUT2D eigenvalue weighted by molar-refractivity contribution is -0.197. The van der Waals surface area contributed by atoms with Gasteiger partial charge in [-0.2, -0.15) is 0 Å². The van der Waals surface area contributed by atoms with E-state index in [1.54, 1.807) is 0 Å². The quantitative estimate of drug-likeness (QED) is 0.369. The van der Waals surface area contributed by atoms with Gasteiger partial charge in [0, 0.05) is 19.4 Å². The first-order valence-electron chi connectivity index (χ1n) is 6.19. The first kappa shape index (κ1) is 18.7. The third-order valence-electron chi connectivity index (χ3n) is 2.23. The first-order valence-corrected chi connectivity index (χ1v) is 6.19. The lowest BCUT2D eigenvalue weighted by Gasteiger charge is -2.13. The molecular formula is C13H18N2O6. The van der Waals surface area contributed by atoms with Crippen LogP contribution < -0.4 is 0 Å². The minimum atomic E-state index is -0.563. The average Bonchev–Trinajstić information content (AvgIpc) is 2.75. The maximum Gasteiger partial charge on any atom is 0.334 e. The second-order valence-electron chi connectivity index (χ2n) is 4.26. The zero-order valence-electron chi connectivity index (χ0n) is 12.0. The van der Waals surface area contributed by atoms with Crippen LogP contribution in [-0.2, 0) is 28.8 Å². The number of allylic oxidation sites excluding steroid dienone is 2. The third kappa shape index (κ3) is 8.43. The average molecular weight is 298 g/mol. The van der Waals surface area contributed by atoms with Crippen molar-refractivity contribution in [1.82, 2.24) is 9.96 Å². The lowest BCUT2D eigenvalue weighted by atomic mass is 10.4. The van der Waals surface area contributed by atoms with Crippen LogP contribution >= 0.6 is 0 Å². The van der Waals surface area contributed by atoms with E-state index in [1.807, 2.05) is 19.0 Å². The molecule has 0 saturated carbocycles. The fourth-order valence-electron chi connectivity index (χ4n) is 1.21. The Labute approximate surface area is 122 Å². The highest BCUT2D eigenvalue weighted by Crippen LogP contribution is 2.12. The summed E-state index contributed by atoms with van der Waals surface area (Å²) in [4.78, 5) is 58.5. The number of hydroxylamine groups is 2. The van der Waals surface area contributed by atoms with Gasteiger partial charge in [-0.3, -0.25) is 19.2 Å². The molecule has 0 aromatic heterocycles. The van der Waals surface area contributed by atoms with Crippen molar-refractivity contribution >= 4 is 30.4 Å². The highest BCUT2D eigenvalue weighted by molar-refractivity contribution is 6.01. The minimum Gasteiger partial charge on any atom is -0.330 e. The summed E-state index contributed by atoms with van der Waals surface area (Å²) in [5, 5.41) is 0.567. The molecule has 0 atom stereocenters. The maximum absolute atomic E-state index is 11.2. The third-order valence-corrected chi connectivity index (χ3v) is 2.23. The number of hydrogen-bond donors (Lipinski definition) is 0. The number of nitrogens with zero attached hydrogens (tertiary/aromatic N) is 2. The molecule has 0 radical (unpaired) electrons. The van der Waals surface area contributed by atoms with E-state index in [2.05, 4.69) is 4.84 Å². The molecule has 0 N–H and O–H groups in total. The smallest absolute Gasteiger partial charge is 0.330 e. The zero-order valence-corrected chi connectivity index (χ0v) is 12.0. The molecule has 1 saturated heterocycles. The van der Waals surface area contributed by atoms with E-state index in [4.69, 9.17) is 0 Å². The molecule has 1 fully saturated rings. The van der Waals surface area contributed by atoms with Crippen LogP contribution in [0.25, 0.3) is 0 Å². The van der Waals surface area contributed by atoms with E-state index in [9.17, 15) is 24.0 Å². The van der Waals surface area contributed by atoms with Crippen LogP contribution in [-0.4, -0.2) is 61.0 Å². The molecule has 8 heteroatoms. The molecule has 8 nitrogen and oxygen atoms in total. The van der Waals surface area contributed by atoms with Gasteiger partial charge in [0.2, 0.25) is 0 Å². The summed E-state index contributed by atoms with van der Waals surface area (Å²) in [5.74, 6) is -1.45. The van der Waals surface area contributed by atoms with Crippen LogP contribution in [0.4, 0.5) is 0 Å². The van der Waals surface area contributed by atoms with Crippen molar-refractivity contribution in [1.29, 1.82) is 0 Å². The Morgan fingerprint density at radius 2 is 1.62 bits per heavy atom. The van der Waals surface area contributed by atoms with Gasteiger partial charge in [0.1, 0.15) is 12.6 Å². The maximum atomic E-state index is 11.2. The molecule has 1 heterocycles. The summed E-state index contributed by atoms with van der Waals surface area (Å²) >= 11 is 0. The Balaban J connectivity index is 0.000000567. The van der Waals surface area contributed by atoms with Crippen molar-refractivity contribution in [3.63, 3.8) is 0 Å². The van der Waals surface area contributed by atoms with Crippen LogP contribution in [0.5, 0.6) is 0 Å². The van der Waals surface area contributed by atoms with Crippen LogP contribution in [0.15, 0.2) is 12.2 Å². The van der Waals surface area contributed by atoms with Gasteiger partial charge in [0.25, 0.3) is 11.8 Å². The Kier molecular flexibility index (Phi) is 9.27. The van der Waals surface area contributed by atoms with E-state index in [1.165, 1.54) is 0 Å². The second kappa shape index (κ2) is 10.4. The molecule has 1 rings (SSSR count). The second-order valence-corrected chi connectivity index (χ2v) is 4.26. The number of hydrogen-bond acceptors (Lipinski definition) is 7. The summed E-state index contributed by atoms with van der Waals surface area (Å²) in [7, 11) is 3.64. The molecule has 116 valence electrons. The lowest BCUT2D eigenvalue weighted by Crippen LogP contribution is -2.33. The summed E-state index contributed by atoms with van der Waals surface area (Å²) in [6, 6.07) is 0. The fourth-order valence-corrected chi connectivity index (χ4v) is 1.21. The molecule has 2 amide bonds. The van der Waals surface area contributed by atoms with Crippen molar-refractivity contribution in [2.24, 2.45) is 0 Å². The van der Waals surface area contributed by atoms with Gasteiger partial charge in [-0.25, -0.2) is 4.79 Å². The standard InChI is InChI=1S/C9H14N2O4.C4H4O2/c1-10(2)6-5-9(14)15-11-7(12)3-4-8(11)13;5-3-1-2-4-6/h3-6H2,1-2H3;1-4H/b;2-1-. The molecule has 1 aliphatic heterocycles. The SMILES string of the molecule is CN(C)CCC(=O)ON1C(=O)CCC1=O.O=C/C=C\C=O. The van der Waals surface area contributed by atoms with Gasteiger partial charge in [-0.15, -0.1) is 5.06 Å². The molecule has 0 unspecified atom stereocenters. The Hall–Kier alpha value is -2.35. The number of amides is 2. The Morgan fingerprint density at radius 1 is 1.14 bits per heavy atom. The predicted molar refractivity (Wildman–Crippen MR) is 71.6 cm³/mol. The summed E-state index contributed by atoms with van der Waals surface area (Å²) < 4.78 is 0. The molecule has 1 aliphatic rings. The van der Waals surface area contributed by atoms with Gasteiger partial charge in [0.15, 0.2) is 0 Å². The Morgan fingerprint density at radius 3 is 2.00 bits per heavy atom. The largest absolute Gasteiger partial charge is 0.334 e. The highest BCUT2D eigenvalue weighted by Gasteiger charge is 2.32. The fraction of sp³-hybridized carbons (Fsp3) is 0.462. The van der Waals surface area contributed by atoms with Gasteiger partial charge in [-0.05, 0) is 26.2 Å². The van der Waals surface area contributed by atoms with E-state index in [0.717, 1.165) is 12.2 Å². The van der Waals surface area contributed by atoms with E-state index < -0.39 is 17.8 Å². The zero-order chi connectivity index (χ0) is 16.3. The molecule has 0 spiro atoms. The van der Waals surface area contributed by atoms with Crippen LogP contribution in [0.2, 0.25) is 0 Å². The molecule has 0 bridgehead atoms. The topological polar surface area (TPSA) is 101 Å². The van der Waals surface area contributed by atoms with E-state index >= 15 is 0 Å². The number of rotatable bonds is 6. The van der Waals surface area contributed by atoms with E-state index in [-0.39, 0.29) is 19.3 Å². The number of carbonyl (C=O) groups excluding carboxylic acids is 5. The molecule has 21 heavy (non-hydrogen) atoms. The molecule has 0 aliphatic carbocycles. The van der Waals surface area contributed by atoms with Gasteiger partial charge in [-0.1, -0.05) is 0 Å². The first-order chi connectivity index (χ1) is 9.92. The summed E-state index contributed by atoms with van der Waals surface area (Å²) in [5.41, 5.74) is 0. The van der Waals surface area contributed by atoms with Crippen molar-refractivity contribution < 1.29 is 28.8 Å². The minimum absolute atomic E-state index is 0.125. The van der Waals surface area contributed by atoms with Crippen LogP contribution in [0, 0.1) is 0 Å².